The van der Waals surface area contributed by atoms with E-state index in [0.29, 0.717) is 25.2 Å². The molecule has 0 atom stereocenters. The number of nitrogens with zero attached hydrogens (tertiary/aromatic N) is 5. The lowest BCUT2D eigenvalue weighted by molar-refractivity contribution is 0.0627. The standard InChI is InChI=1S/C20H22N6O3/c1-2-26-17-16(18(27)23-20(26)29)11-14(12-22-17)19(28)25-9-7-24(8-10-25)13-15-5-3-4-6-21-15/h3-6,11-12H,2,7-10,13H2,1H3,(H,23,27,29). The summed E-state index contributed by atoms with van der Waals surface area (Å²) in [6, 6.07) is 7.37. The van der Waals surface area contributed by atoms with Crippen molar-refractivity contribution in [2.24, 2.45) is 0 Å². The fourth-order valence-electron chi connectivity index (χ4n) is 3.59. The van der Waals surface area contributed by atoms with Crippen molar-refractivity contribution in [1.82, 2.24) is 29.3 Å². The average Bonchev–Trinajstić information content (AvgIpc) is 2.75. The molecule has 1 N–H and O–H groups in total. The molecule has 9 heteroatoms. The van der Waals surface area contributed by atoms with Gasteiger partial charge in [-0.3, -0.25) is 29.0 Å². The summed E-state index contributed by atoms with van der Waals surface area (Å²) in [4.78, 5) is 51.9. The lowest BCUT2D eigenvalue weighted by atomic mass is 10.2. The first-order valence-corrected chi connectivity index (χ1v) is 9.61. The summed E-state index contributed by atoms with van der Waals surface area (Å²) in [6.45, 7) is 5.61. The zero-order valence-corrected chi connectivity index (χ0v) is 16.2. The van der Waals surface area contributed by atoms with Crippen LogP contribution in [0, 0.1) is 0 Å². The molecule has 1 fully saturated rings. The smallest absolute Gasteiger partial charge is 0.329 e. The van der Waals surface area contributed by atoms with Crippen molar-refractivity contribution < 1.29 is 4.79 Å². The maximum atomic E-state index is 12.9. The van der Waals surface area contributed by atoms with Gasteiger partial charge in [-0.1, -0.05) is 6.07 Å². The number of aryl methyl sites for hydroxylation is 1. The molecule has 29 heavy (non-hydrogen) atoms. The highest BCUT2D eigenvalue weighted by Crippen LogP contribution is 2.13. The lowest BCUT2D eigenvalue weighted by Crippen LogP contribution is -2.48. The second-order valence-electron chi connectivity index (χ2n) is 6.99. The molecule has 0 aromatic carbocycles. The van der Waals surface area contributed by atoms with Crippen molar-refractivity contribution in [3.05, 3.63) is 68.8 Å². The Balaban J connectivity index is 1.50. The summed E-state index contributed by atoms with van der Waals surface area (Å²) >= 11 is 0. The summed E-state index contributed by atoms with van der Waals surface area (Å²) in [7, 11) is 0. The largest absolute Gasteiger partial charge is 0.336 e. The first-order chi connectivity index (χ1) is 14.1. The Morgan fingerprint density at radius 3 is 2.62 bits per heavy atom. The van der Waals surface area contributed by atoms with Crippen LogP contribution in [0.15, 0.2) is 46.2 Å². The predicted octanol–water partition coefficient (Wildman–Crippen LogP) is 0.458. The predicted molar refractivity (Wildman–Crippen MR) is 108 cm³/mol. The molecule has 4 heterocycles. The molecule has 0 radical (unpaired) electrons. The van der Waals surface area contributed by atoms with Crippen molar-refractivity contribution >= 4 is 16.9 Å². The van der Waals surface area contributed by atoms with Crippen LogP contribution in [0.5, 0.6) is 0 Å². The van der Waals surface area contributed by atoms with Gasteiger partial charge in [0.1, 0.15) is 5.65 Å². The molecular formula is C20H22N6O3. The Hall–Kier alpha value is -3.33. The molecule has 4 rings (SSSR count). The van der Waals surface area contributed by atoms with Crippen molar-refractivity contribution in [2.45, 2.75) is 20.0 Å². The fourth-order valence-corrected chi connectivity index (χ4v) is 3.59. The van der Waals surface area contributed by atoms with Crippen LogP contribution in [-0.2, 0) is 13.1 Å². The number of amides is 1. The Kier molecular flexibility index (Phi) is 5.22. The van der Waals surface area contributed by atoms with Gasteiger partial charge in [0, 0.05) is 51.7 Å². The Labute approximate surface area is 166 Å². The highest BCUT2D eigenvalue weighted by molar-refractivity contribution is 5.96. The van der Waals surface area contributed by atoms with Crippen LogP contribution in [0.25, 0.3) is 11.0 Å². The Bertz CT molecular complexity index is 1150. The van der Waals surface area contributed by atoms with Crippen LogP contribution in [0.3, 0.4) is 0 Å². The van der Waals surface area contributed by atoms with E-state index in [1.165, 1.54) is 16.8 Å². The number of fused-ring (bicyclic) bond motifs is 1. The molecule has 0 unspecified atom stereocenters. The normalized spacial score (nSPS) is 15.0. The van der Waals surface area contributed by atoms with E-state index in [2.05, 4.69) is 19.9 Å². The molecule has 150 valence electrons. The second kappa shape index (κ2) is 7.96. The van der Waals surface area contributed by atoms with Crippen LogP contribution in [-0.4, -0.2) is 61.4 Å². The minimum atomic E-state index is -0.531. The van der Waals surface area contributed by atoms with Crippen molar-refractivity contribution in [3.63, 3.8) is 0 Å². The lowest BCUT2D eigenvalue weighted by Gasteiger charge is -2.34. The van der Waals surface area contributed by atoms with Gasteiger partial charge < -0.3 is 4.90 Å². The molecule has 0 saturated carbocycles. The number of aromatic nitrogens is 4. The Morgan fingerprint density at radius 2 is 1.93 bits per heavy atom. The molecule has 0 bridgehead atoms. The SMILES string of the molecule is CCn1c(=O)[nH]c(=O)c2cc(C(=O)N3CCN(Cc4ccccn4)CC3)cnc21. The molecule has 1 saturated heterocycles. The summed E-state index contributed by atoms with van der Waals surface area (Å²) < 4.78 is 1.38. The molecule has 1 amide bonds. The van der Waals surface area contributed by atoms with E-state index in [1.54, 1.807) is 18.0 Å². The minimum Gasteiger partial charge on any atom is -0.336 e. The van der Waals surface area contributed by atoms with E-state index in [9.17, 15) is 14.4 Å². The van der Waals surface area contributed by atoms with Gasteiger partial charge in [0.05, 0.1) is 16.6 Å². The molecule has 0 aliphatic carbocycles. The summed E-state index contributed by atoms with van der Waals surface area (Å²) in [5, 5.41) is 0.242. The average molecular weight is 394 g/mol. The van der Waals surface area contributed by atoms with Crippen LogP contribution in [0.4, 0.5) is 0 Å². The van der Waals surface area contributed by atoms with Gasteiger partial charge in [0.25, 0.3) is 11.5 Å². The van der Waals surface area contributed by atoms with Crippen LogP contribution in [0.1, 0.15) is 23.0 Å². The van der Waals surface area contributed by atoms with E-state index in [0.717, 1.165) is 25.3 Å². The number of H-pyrrole nitrogens is 1. The van der Waals surface area contributed by atoms with Gasteiger partial charge in [-0.05, 0) is 25.1 Å². The maximum absolute atomic E-state index is 12.9. The van der Waals surface area contributed by atoms with Gasteiger partial charge in [0.2, 0.25) is 0 Å². The highest BCUT2D eigenvalue weighted by atomic mass is 16.2. The first-order valence-electron chi connectivity index (χ1n) is 9.61. The number of carbonyl (C=O) groups excluding carboxylic acids is 1. The van der Waals surface area contributed by atoms with E-state index in [4.69, 9.17) is 0 Å². The maximum Gasteiger partial charge on any atom is 0.329 e. The summed E-state index contributed by atoms with van der Waals surface area (Å²) in [6.07, 6.45) is 3.22. The molecule has 1 aliphatic heterocycles. The van der Waals surface area contributed by atoms with Crippen LogP contribution in [0.2, 0.25) is 0 Å². The second-order valence-corrected chi connectivity index (χ2v) is 6.99. The number of pyridine rings is 2. The van der Waals surface area contributed by atoms with Crippen molar-refractivity contribution in [3.8, 4) is 0 Å². The zero-order valence-electron chi connectivity index (χ0n) is 16.2. The van der Waals surface area contributed by atoms with Crippen molar-refractivity contribution in [1.29, 1.82) is 0 Å². The third-order valence-electron chi connectivity index (χ3n) is 5.17. The highest BCUT2D eigenvalue weighted by Gasteiger charge is 2.23. The molecule has 1 aliphatic rings. The molecule has 3 aromatic heterocycles. The van der Waals surface area contributed by atoms with E-state index >= 15 is 0 Å². The minimum absolute atomic E-state index is 0.162. The summed E-state index contributed by atoms with van der Waals surface area (Å²) in [5.74, 6) is -0.162. The molecule has 9 nitrogen and oxygen atoms in total. The third-order valence-corrected chi connectivity index (χ3v) is 5.17. The van der Waals surface area contributed by atoms with Gasteiger partial charge in [-0.2, -0.15) is 0 Å². The zero-order chi connectivity index (χ0) is 20.4. The van der Waals surface area contributed by atoms with E-state index < -0.39 is 11.2 Å². The van der Waals surface area contributed by atoms with E-state index in [1.807, 2.05) is 18.2 Å². The van der Waals surface area contributed by atoms with Crippen LogP contribution >= 0.6 is 0 Å². The fraction of sp³-hybridized carbons (Fsp3) is 0.350. The molecular weight excluding hydrogens is 372 g/mol. The Morgan fingerprint density at radius 1 is 1.14 bits per heavy atom. The summed E-state index contributed by atoms with van der Waals surface area (Å²) in [5.41, 5.74) is 0.616. The van der Waals surface area contributed by atoms with Gasteiger partial charge >= 0.3 is 5.69 Å². The van der Waals surface area contributed by atoms with Gasteiger partial charge in [-0.15, -0.1) is 0 Å². The van der Waals surface area contributed by atoms with Gasteiger partial charge in [-0.25, -0.2) is 9.78 Å². The third kappa shape index (κ3) is 3.81. The number of aromatic amines is 1. The monoisotopic (exact) mass is 394 g/mol. The van der Waals surface area contributed by atoms with E-state index in [-0.39, 0.29) is 16.9 Å². The van der Waals surface area contributed by atoms with Crippen molar-refractivity contribution in [2.75, 3.05) is 26.2 Å². The number of rotatable bonds is 4. The number of hydrogen-bond donors (Lipinski definition) is 1. The van der Waals surface area contributed by atoms with Gasteiger partial charge in [0.15, 0.2) is 0 Å². The topological polar surface area (TPSA) is 104 Å². The number of nitrogens with one attached hydrogen (secondary N) is 1. The first kappa shape index (κ1) is 19.0. The quantitative estimate of drug-likeness (QED) is 0.689. The molecule has 3 aromatic rings. The number of hydrogen-bond acceptors (Lipinski definition) is 6. The number of carbonyl (C=O) groups is 1. The molecule has 0 spiro atoms. The number of piperazine rings is 1. The van der Waals surface area contributed by atoms with Crippen LogP contribution < -0.4 is 11.2 Å².